The normalized spacial score (nSPS) is 12.3. The molecular weight excluding hydrogens is 358 g/mol. The quantitative estimate of drug-likeness (QED) is 0.637. The summed E-state index contributed by atoms with van der Waals surface area (Å²) in [5, 5.41) is 4.11. The third-order valence-electron chi connectivity index (χ3n) is 4.22. The van der Waals surface area contributed by atoms with Gasteiger partial charge in [0.25, 0.3) is 0 Å². The largest absolute Gasteiger partial charge is 0.467 e. The molecule has 1 heterocycles. The molecule has 4 heteroatoms. The van der Waals surface area contributed by atoms with Crippen LogP contribution in [0.1, 0.15) is 22.3 Å². The molecule has 0 fully saturated rings. The molecule has 3 aromatic rings. The van der Waals surface area contributed by atoms with Crippen molar-refractivity contribution in [1.82, 2.24) is 0 Å². The van der Waals surface area contributed by atoms with E-state index in [9.17, 15) is 0 Å². The lowest BCUT2D eigenvalue weighted by molar-refractivity contribution is -0.0169. The van der Waals surface area contributed by atoms with Crippen molar-refractivity contribution in [2.75, 3.05) is 12.1 Å². The van der Waals surface area contributed by atoms with Crippen LogP contribution in [0.25, 0.3) is 0 Å². The first-order valence-electron chi connectivity index (χ1n) is 8.71. The minimum absolute atomic E-state index is 0.270. The van der Waals surface area contributed by atoms with E-state index >= 15 is 0 Å². The summed E-state index contributed by atoms with van der Waals surface area (Å²) in [5.41, 5.74) is 4.95. The molecule has 0 unspecified atom stereocenters. The first kappa shape index (κ1) is 17.5. The number of nitrogens with one attached hydrogen (secondary N) is 1. The maximum absolute atomic E-state index is 6.23. The van der Waals surface area contributed by atoms with E-state index in [0.29, 0.717) is 18.2 Å². The molecule has 0 atom stereocenters. The zero-order valence-corrected chi connectivity index (χ0v) is 15.4. The highest BCUT2D eigenvalue weighted by atomic mass is 35.5. The first-order valence-corrected chi connectivity index (χ1v) is 9.08. The molecule has 27 heavy (non-hydrogen) atoms. The van der Waals surface area contributed by atoms with Crippen molar-refractivity contribution in [2.45, 2.75) is 13.2 Å². The fourth-order valence-electron chi connectivity index (χ4n) is 2.96. The Balaban J connectivity index is 1.50. The zero-order valence-electron chi connectivity index (χ0n) is 14.7. The molecule has 1 aliphatic heterocycles. The van der Waals surface area contributed by atoms with Crippen molar-refractivity contribution in [2.24, 2.45) is 0 Å². The molecule has 3 aromatic carbocycles. The Bertz CT molecular complexity index is 1010. The molecule has 0 aromatic heterocycles. The molecule has 0 saturated carbocycles. The van der Waals surface area contributed by atoms with E-state index in [-0.39, 0.29) is 6.79 Å². The second-order valence-corrected chi connectivity index (χ2v) is 6.65. The Morgan fingerprint density at radius 3 is 2.63 bits per heavy atom. The van der Waals surface area contributed by atoms with E-state index < -0.39 is 0 Å². The Morgan fingerprint density at radius 2 is 1.74 bits per heavy atom. The first-order chi connectivity index (χ1) is 13.3. The molecule has 0 radical (unpaired) electrons. The molecule has 4 rings (SSSR count). The highest BCUT2D eigenvalue weighted by Gasteiger charge is 2.16. The van der Waals surface area contributed by atoms with E-state index in [1.807, 2.05) is 66.7 Å². The molecule has 0 amide bonds. The molecule has 0 bridgehead atoms. The fourth-order valence-corrected chi connectivity index (χ4v) is 3.22. The van der Waals surface area contributed by atoms with Crippen molar-refractivity contribution < 1.29 is 9.47 Å². The van der Waals surface area contributed by atoms with Gasteiger partial charge in [-0.1, -0.05) is 47.7 Å². The van der Waals surface area contributed by atoms with E-state index in [0.717, 1.165) is 33.7 Å². The summed E-state index contributed by atoms with van der Waals surface area (Å²) in [6.07, 6.45) is 0. The lowest BCUT2D eigenvalue weighted by atomic mass is 10.1. The minimum atomic E-state index is 0.270. The van der Waals surface area contributed by atoms with Crippen LogP contribution in [0.5, 0.6) is 5.75 Å². The standard InChI is InChI=1S/C23H18ClNO2/c24-21-12-19(23-20(13-21)15-26-16-27-23)14-25-22-8-4-7-18(11-22)10-9-17-5-2-1-3-6-17/h1-8,11-13,25H,14-16H2. The van der Waals surface area contributed by atoms with Crippen LogP contribution in [0.3, 0.4) is 0 Å². The molecule has 1 N–H and O–H groups in total. The van der Waals surface area contributed by atoms with E-state index in [1.54, 1.807) is 0 Å². The van der Waals surface area contributed by atoms with Crippen LogP contribution < -0.4 is 10.1 Å². The lowest BCUT2D eigenvalue weighted by Crippen LogP contribution is -2.14. The van der Waals surface area contributed by atoms with E-state index in [1.165, 1.54) is 0 Å². The van der Waals surface area contributed by atoms with Crippen LogP contribution in [0.15, 0.2) is 66.7 Å². The summed E-state index contributed by atoms with van der Waals surface area (Å²) in [6, 6.07) is 21.8. The lowest BCUT2D eigenvalue weighted by Gasteiger charge is -2.21. The van der Waals surface area contributed by atoms with Crippen LogP contribution in [0.2, 0.25) is 5.02 Å². The van der Waals surface area contributed by atoms with E-state index in [2.05, 4.69) is 17.2 Å². The van der Waals surface area contributed by atoms with E-state index in [4.69, 9.17) is 21.1 Å². The van der Waals surface area contributed by atoms with Gasteiger partial charge in [-0.05, 0) is 42.5 Å². The van der Waals surface area contributed by atoms with Crippen molar-refractivity contribution >= 4 is 17.3 Å². The molecular formula is C23H18ClNO2. The number of rotatable bonds is 3. The van der Waals surface area contributed by atoms with Crippen LogP contribution in [0.4, 0.5) is 5.69 Å². The van der Waals surface area contributed by atoms with Gasteiger partial charge in [0.1, 0.15) is 5.75 Å². The second kappa shape index (κ2) is 8.18. The second-order valence-electron chi connectivity index (χ2n) is 6.21. The third kappa shape index (κ3) is 4.43. The predicted molar refractivity (Wildman–Crippen MR) is 108 cm³/mol. The number of benzene rings is 3. The van der Waals surface area contributed by atoms with Gasteiger partial charge in [0.2, 0.25) is 0 Å². The van der Waals surface area contributed by atoms with Crippen molar-refractivity contribution in [3.8, 4) is 17.6 Å². The number of ether oxygens (including phenoxy) is 2. The molecule has 0 aliphatic carbocycles. The van der Waals surface area contributed by atoms with Crippen LogP contribution in [-0.2, 0) is 17.9 Å². The number of fused-ring (bicyclic) bond motifs is 1. The molecule has 134 valence electrons. The average molecular weight is 376 g/mol. The minimum Gasteiger partial charge on any atom is -0.467 e. The van der Waals surface area contributed by atoms with Gasteiger partial charge in [-0.3, -0.25) is 0 Å². The maximum atomic E-state index is 6.23. The maximum Gasteiger partial charge on any atom is 0.189 e. The Morgan fingerprint density at radius 1 is 0.926 bits per heavy atom. The third-order valence-corrected chi connectivity index (χ3v) is 4.44. The van der Waals surface area contributed by atoms with Gasteiger partial charge in [0.05, 0.1) is 6.61 Å². The van der Waals surface area contributed by atoms with Gasteiger partial charge < -0.3 is 14.8 Å². The van der Waals surface area contributed by atoms with Crippen LogP contribution in [0, 0.1) is 11.8 Å². The molecule has 0 saturated heterocycles. The Kier molecular flexibility index (Phi) is 5.29. The summed E-state index contributed by atoms with van der Waals surface area (Å²) in [6.45, 7) is 1.40. The van der Waals surface area contributed by atoms with Gasteiger partial charge in [0, 0.05) is 39.5 Å². The van der Waals surface area contributed by atoms with Gasteiger partial charge in [0.15, 0.2) is 6.79 Å². The summed E-state index contributed by atoms with van der Waals surface area (Å²) in [5.74, 6) is 7.25. The number of hydrogen-bond donors (Lipinski definition) is 1. The van der Waals surface area contributed by atoms with Crippen LogP contribution >= 0.6 is 11.6 Å². The Labute approximate surface area is 163 Å². The van der Waals surface area contributed by atoms with Crippen molar-refractivity contribution in [1.29, 1.82) is 0 Å². The Hall–Kier alpha value is -2.93. The van der Waals surface area contributed by atoms with Gasteiger partial charge in [-0.2, -0.15) is 0 Å². The van der Waals surface area contributed by atoms with Crippen LogP contribution in [-0.4, -0.2) is 6.79 Å². The number of halogens is 1. The summed E-state index contributed by atoms with van der Waals surface area (Å²) in [7, 11) is 0. The predicted octanol–water partition coefficient (Wildman–Crippen LogP) is 5.22. The smallest absolute Gasteiger partial charge is 0.189 e. The number of anilines is 1. The molecule has 1 aliphatic rings. The van der Waals surface area contributed by atoms with Crippen molar-refractivity contribution in [3.05, 3.63) is 94.0 Å². The van der Waals surface area contributed by atoms with Gasteiger partial charge in [-0.15, -0.1) is 0 Å². The summed E-state index contributed by atoms with van der Waals surface area (Å²) >= 11 is 6.23. The van der Waals surface area contributed by atoms with Gasteiger partial charge >= 0.3 is 0 Å². The average Bonchev–Trinajstić information content (AvgIpc) is 2.71. The summed E-state index contributed by atoms with van der Waals surface area (Å²) in [4.78, 5) is 0. The zero-order chi connectivity index (χ0) is 18.5. The summed E-state index contributed by atoms with van der Waals surface area (Å²) < 4.78 is 11.0. The topological polar surface area (TPSA) is 30.5 Å². The SMILES string of the molecule is Clc1cc(CNc2cccc(C#Cc3ccccc3)c2)c2c(c1)COCO2. The van der Waals surface area contributed by atoms with Gasteiger partial charge in [-0.25, -0.2) is 0 Å². The number of hydrogen-bond acceptors (Lipinski definition) is 3. The fraction of sp³-hybridized carbons (Fsp3) is 0.130. The molecule has 3 nitrogen and oxygen atoms in total. The highest BCUT2D eigenvalue weighted by Crippen LogP contribution is 2.32. The highest BCUT2D eigenvalue weighted by molar-refractivity contribution is 6.30. The van der Waals surface area contributed by atoms with Crippen molar-refractivity contribution in [3.63, 3.8) is 0 Å². The monoisotopic (exact) mass is 375 g/mol. The molecule has 0 spiro atoms.